The maximum Gasteiger partial charge on any atom is 0.255 e. The smallest absolute Gasteiger partial charge is 0.255 e. The summed E-state index contributed by atoms with van der Waals surface area (Å²) in [6.45, 7) is 3.28. The first kappa shape index (κ1) is 18.1. The minimum Gasteiger partial charge on any atom is -0.437 e. The van der Waals surface area contributed by atoms with Crippen LogP contribution in [0.4, 0.5) is 0 Å². The fraction of sp³-hybridized carbons (Fsp3) is 0.273. The maximum absolute atomic E-state index is 12.8. The molecule has 1 atom stereocenters. The number of ether oxygens (including phenoxy) is 1. The van der Waals surface area contributed by atoms with Gasteiger partial charge in [0.25, 0.3) is 5.91 Å². The normalized spacial score (nSPS) is 16.6. The standard InChI is InChI=1S/C22H22N4O2/c1-16-9-10-17(12-24-16)22(27)26-11-5-6-18(15-26)20-13-23-14-21(25-20)28-19-7-3-2-4-8-19/h2-4,7-10,12-14,18H,5-6,11,15H2,1H3/t18-/m1/s1. The number of aryl methyl sites for hydroxylation is 1. The van der Waals surface area contributed by atoms with Gasteiger partial charge in [0.2, 0.25) is 5.88 Å². The molecule has 0 saturated carbocycles. The highest BCUT2D eigenvalue weighted by atomic mass is 16.5. The van der Waals surface area contributed by atoms with Gasteiger partial charge < -0.3 is 9.64 Å². The number of hydrogen-bond donors (Lipinski definition) is 0. The Kier molecular flexibility index (Phi) is 5.28. The number of amides is 1. The summed E-state index contributed by atoms with van der Waals surface area (Å²) >= 11 is 0. The quantitative estimate of drug-likeness (QED) is 0.691. The third kappa shape index (κ3) is 4.17. The molecule has 1 aromatic carbocycles. The number of carbonyl (C=O) groups excluding carboxylic acids is 1. The van der Waals surface area contributed by atoms with Crippen LogP contribution in [0.25, 0.3) is 0 Å². The first-order valence-electron chi connectivity index (χ1n) is 9.46. The van der Waals surface area contributed by atoms with Crippen LogP contribution in [0.2, 0.25) is 0 Å². The highest BCUT2D eigenvalue weighted by Crippen LogP contribution is 2.28. The van der Waals surface area contributed by atoms with E-state index in [1.165, 1.54) is 0 Å². The molecule has 6 heteroatoms. The zero-order valence-corrected chi connectivity index (χ0v) is 15.8. The molecule has 3 aromatic rings. The molecule has 1 amide bonds. The molecular weight excluding hydrogens is 352 g/mol. The zero-order chi connectivity index (χ0) is 19.3. The van der Waals surface area contributed by atoms with Crippen LogP contribution in [0.15, 0.2) is 61.1 Å². The summed E-state index contributed by atoms with van der Waals surface area (Å²) in [6, 6.07) is 13.2. The molecule has 1 saturated heterocycles. The summed E-state index contributed by atoms with van der Waals surface area (Å²) in [5, 5.41) is 0. The number of pyridine rings is 1. The van der Waals surface area contributed by atoms with Gasteiger partial charge in [0.1, 0.15) is 5.75 Å². The lowest BCUT2D eigenvalue weighted by Crippen LogP contribution is -2.39. The third-order valence-electron chi connectivity index (χ3n) is 4.88. The number of piperidine rings is 1. The van der Waals surface area contributed by atoms with Crippen molar-refractivity contribution in [2.45, 2.75) is 25.7 Å². The van der Waals surface area contributed by atoms with Gasteiger partial charge in [0.15, 0.2) is 0 Å². The molecule has 6 nitrogen and oxygen atoms in total. The Morgan fingerprint density at radius 3 is 2.75 bits per heavy atom. The number of nitrogens with zero attached hydrogens (tertiary/aromatic N) is 4. The van der Waals surface area contributed by atoms with Crippen LogP contribution in [0, 0.1) is 6.92 Å². The van der Waals surface area contributed by atoms with Crippen LogP contribution in [-0.2, 0) is 0 Å². The van der Waals surface area contributed by atoms with Gasteiger partial charge in [-0.3, -0.25) is 14.8 Å². The average Bonchev–Trinajstić information content (AvgIpc) is 2.75. The molecule has 142 valence electrons. The number of benzene rings is 1. The lowest BCUT2D eigenvalue weighted by atomic mass is 9.94. The fourth-order valence-electron chi connectivity index (χ4n) is 3.40. The molecule has 2 aromatic heterocycles. The second-order valence-electron chi connectivity index (χ2n) is 6.98. The predicted octanol–water partition coefficient (Wildman–Crippen LogP) is 3.99. The topological polar surface area (TPSA) is 68.2 Å². The summed E-state index contributed by atoms with van der Waals surface area (Å²) in [4.78, 5) is 27.9. The minimum absolute atomic E-state index is 0.0156. The van der Waals surface area contributed by atoms with E-state index in [4.69, 9.17) is 4.74 Å². The Bertz CT molecular complexity index is 944. The summed E-state index contributed by atoms with van der Waals surface area (Å²) in [6.07, 6.45) is 6.93. The number of likely N-dealkylation sites (tertiary alicyclic amines) is 1. The van der Waals surface area contributed by atoms with Crippen LogP contribution in [0.1, 0.15) is 40.5 Å². The van der Waals surface area contributed by atoms with E-state index in [1.807, 2.05) is 54.3 Å². The molecule has 0 N–H and O–H groups in total. The van der Waals surface area contributed by atoms with Crippen LogP contribution < -0.4 is 4.74 Å². The predicted molar refractivity (Wildman–Crippen MR) is 105 cm³/mol. The molecule has 0 bridgehead atoms. The van der Waals surface area contributed by atoms with Gasteiger partial charge in [-0.15, -0.1) is 0 Å². The highest BCUT2D eigenvalue weighted by Gasteiger charge is 2.27. The number of para-hydroxylation sites is 1. The van der Waals surface area contributed by atoms with E-state index in [2.05, 4.69) is 15.0 Å². The SMILES string of the molecule is Cc1ccc(C(=O)N2CCC[C@@H](c3cncc(Oc4ccccc4)n3)C2)cn1. The fourth-order valence-corrected chi connectivity index (χ4v) is 3.40. The minimum atomic E-state index is 0.0156. The first-order chi connectivity index (χ1) is 13.7. The van der Waals surface area contributed by atoms with Crippen LogP contribution in [0.5, 0.6) is 11.6 Å². The summed E-state index contributed by atoms with van der Waals surface area (Å²) in [5.74, 6) is 1.35. The molecule has 1 aliphatic heterocycles. The monoisotopic (exact) mass is 374 g/mol. The van der Waals surface area contributed by atoms with Gasteiger partial charge in [-0.1, -0.05) is 18.2 Å². The molecule has 1 fully saturated rings. The molecule has 3 heterocycles. The lowest BCUT2D eigenvalue weighted by Gasteiger charge is -2.32. The van der Waals surface area contributed by atoms with E-state index >= 15 is 0 Å². The molecule has 0 spiro atoms. The van der Waals surface area contributed by atoms with Crippen molar-refractivity contribution in [2.75, 3.05) is 13.1 Å². The summed E-state index contributed by atoms with van der Waals surface area (Å²) < 4.78 is 5.80. The summed E-state index contributed by atoms with van der Waals surface area (Å²) in [5.41, 5.74) is 2.38. The second-order valence-corrected chi connectivity index (χ2v) is 6.98. The average molecular weight is 374 g/mol. The van der Waals surface area contributed by atoms with Crippen molar-refractivity contribution in [3.05, 3.63) is 78.0 Å². The Balaban J connectivity index is 1.48. The van der Waals surface area contributed by atoms with Crippen molar-refractivity contribution in [1.29, 1.82) is 0 Å². The molecule has 4 rings (SSSR count). The number of aromatic nitrogens is 3. The van der Waals surface area contributed by atoms with Crippen LogP contribution in [-0.4, -0.2) is 38.8 Å². The van der Waals surface area contributed by atoms with Gasteiger partial charge in [-0.2, -0.15) is 0 Å². The second kappa shape index (κ2) is 8.17. The molecule has 28 heavy (non-hydrogen) atoms. The number of hydrogen-bond acceptors (Lipinski definition) is 5. The number of carbonyl (C=O) groups is 1. The Hall–Kier alpha value is -3.28. The van der Waals surface area contributed by atoms with Crippen molar-refractivity contribution in [3.8, 4) is 11.6 Å². The summed E-state index contributed by atoms with van der Waals surface area (Å²) in [7, 11) is 0. The molecular formula is C22H22N4O2. The lowest BCUT2D eigenvalue weighted by molar-refractivity contribution is 0.0705. The highest BCUT2D eigenvalue weighted by molar-refractivity contribution is 5.94. The first-order valence-corrected chi connectivity index (χ1v) is 9.46. The van der Waals surface area contributed by atoms with Gasteiger partial charge >= 0.3 is 0 Å². The van der Waals surface area contributed by atoms with Gasteiger partial charge in [-0.25, -0.2) is 4.98 Å². The van der Waals surface area contributed by atoms with Crippen molar-refractivity contribution in [2.24, 2.45) is 0 Å². The van der Waals surface area contributed by atoms with E-state index in [9.17, 15) is 4.79 Å². The Morgan fingerprint density at radius 1 is 1.11 bits per heavy atom. The van der Waals surface area contributed by atoms with Crippen LogP contribution >= 0.6 is 0 Å². The van der Waals surface area contributed by atoms with Crippen molar-refractivity contribution >= 4 is 5.91 Å². The van der Waals surface area contributed by atoms with Crippen molar-refractivity contribution in [3.63, 3.8) is 0 Å². The van der Waals surface area contributed by atoms with Crippen LogP contribution in [0.3, 0.4) is 0 Å². The van der Waals surface area contributed by atoms with E-state index in [0.29, 0.717) is 18.0 Å². The van der Waals surface area contributed by atoms with E-state index in [0.717, 1.165) is 36.5 Å². The van der Waals surface area contributed by atoms with Gasteiger partial charge in [0, 0.05) is 37.1 Å². The zero-order valence-electron chi connectivity index (χ0n) is 15.8. The van der Waals surface area contributed by atoms with Crippen molar-refractivity contribution < 1.29 is 9.53 Å². The van der Waals surface area contributed by atoms with Gasteiger partial charge in [0.05, 0.1) is 17.5 Å². The Morgan fingerprint density at radius 2 is 1.96 bits per heavy atom. The van der Waals surface area contributed by atoms with E-state index < -0.39 is 0 Å². The Labute approximate surface area is 164 Å². The van der Waals surface area contributed by atoms with Gasteiger partial charge in [-0.05, 0) is 44.0 Å². The molecule has 1 aliphatic rings. The van der Waals surface area contributed by atoms with Crippen molar-refractivity contribution in [1.82, 2.24) is 19.9 Å². The number of rotatable bonds is 4. The largest absolute Gasteiger partial charge is 0.437 e. The maximum atomic E-state index is 12.8. The molecule has 0 unspecified atom stereocenters. The molecule has 0 radical (unpaired) electrons. The van der Waals surface area contributed by atoms with E-state index in [-0.39, 0.29) is 11.8 Å². The molecule has 0 aliphatic carbocycles. The van der Waals surface area contributed by atoms with E-state index in [1.54, 1.807) is 18.6 Å². The third-order valence-corrected chi connectivity index (χ3v) is 4.88.